The quantitative estimate of drug-likeness (QED) is 0.658. The second kappa shape index (κ2) is 6.17. The van der Waals surface area contributed by atoms with Crippen molar-refractivity contribution in [3.05, 3.63) is 27.8 Å². The van der Waals surface area contributed by atoms with Crippen LogP contribution in [-0.2, 0) is 0 Å². The zero-order valence-corrected chi connectivity index (χ0v) is 11.9. The standard InChI is InChI=1S/C14H16N4O4/c15-2-1-11(17-5-3-16-4-6-17)10-7-13-14(22-9-21-13)8-12(10)18(19)20/h7-8,11,16H,1,3-6,9H2/t11-/m1/s1. The maximum Gasteiger partial charge on any atom is 0.278 e. The molecule has 1 saturated heterocycles. The van der Waals surface area contributed by atoms with E-state index >= 15 is 0 Å². The Balaban J connectivity index is 2.02. The molecule has 1 aromatic carbocycles. The monoisotopic (exact) mass is 304 g/mol. The predicted molar refractivity (Wildman–Crippen MR) is 76.6 cm³/mol. The van der Waals surface area contributed by atoms with Crippen molar-refractivity contribution in [2.75, 3.05) is 33.0 Å². The Kier molecular flexibility index (Phi) is 4.09. The van der Waals surface area contributed by atoms with E-state index in [9.17, 15) is 10.1 Å². The second-order valence-electron chi connectivity index (χ2n) is 5.19. The van der Waals surface area contributed by atoms with Crippen molar-refractivity contribution in [3.63, 3.8) is 0 Å². The van der Waals surface area contributed by atoms with Crippen LogP contribution in [-0.4, -0.2) is 42.8 Å². The summed E-state index contributed by atoms with van der Waals surface area (Å²) in [6.07, 6.45) is 0.195. The van der Waals surface area contributed by atoms with Crippen molar-refractivity contribution in [3.8, 4) is 17.6 Å². The smallest absolute Gasteiger partial charge is 0.278 e. The van der Waals surface area contributed by atoms with Gasteiger partial charge < -0.3 is 14.8 Å². The van der Waals surface area contributed by atoms with E-state index in [1.807, 2.05) is 0 Å². The van der Waals surface area contributed by atoms with Gasteiger partial charge in [0.2, 0.25) is 6.79 Å². The Morgan fingerprint density at radius 2 is 2.05 bits per heavy atom. The van der Waals surface area contributed by atoms with E-state index in [0.717, 1.165) is 26.2 Å². The minimum atomic E-state index is -0.427. The predicted octanol–water partition coefficient (Wildman–Crippen LogP) is 1.18. The van der Waals surface area contributed by atoms with Gasteiger partial charge in [0, 0.05) is 26.2 Å². The first kappa shape index (κ1) is 14.6. The van der Waals surface area contributed by atoms with Gasteiger partial charge in [-0.3, -0.25) is 15.0 Å². The van der Waals surface area contributed by atoms with Crippen LogP contribution in [0.3, 0.4) is 0 Å². The van der Waals surface area contributed by atoms with E-state index in [1.54, 1.807) is 6.07 Å². The van der Waals surface area contributed by atoms with Crippen LogP contribution in [0.25, 0.3) is 0 Å². The molecule has 2 aliphatic rings. The number of nitriles is 1. The molecule has 2 aliphatic heterocycles. The van der Waals surface area contributed by atoms with E-state index in [-0.39, 0.29) is 24.9 Å². The van der Waals surface area contributed by atoms with Crippen LogP contribution in [0.4, 0.5) is 5.69 Å². The number of fused-ring (bicyclic) bond motifs is 1. The van der Waals surface area contributed by atoms with Crippen LogP contribution in [0.15, 0.2) is 12.1 Å². The second-order valence-corrected chi connectivity index (χ2v) is 5.19. The normalized spacial score (nSPS) is 18.7. The van der Waals surface area contributed by atoms with Gasteiger partial charge in [-0.2, -0.15) is 5.26 Å². The molecule has 8 heteroatoms. The molecule has 0 spiro atoms. The van der Waals surface area contributed by atoms with Gasteiger partial charge in [-0.05, 0) is 6.07 Å². The van der Waals surface area contributed by atoms with Gasteiger partial charge in [-0.1, -0.05) is 0 Å². The summed E-state index contributed by atoms with van der Waals surface area (Å²) in [5.41, 5.74) is 0.487. The summed E-state index contributed by atoms with van der Waals surface area (Å²) in [4.78, 5) is 13.1. The van der Waals surface area contributed by atoms with Crippen LogP contribution >= 0.6 is 0 Å². The third kappa shape index (κ3) is 2.68. The van der Waals surface area contributed by atoms with Crippen molar-refractivity contribution < 1.29 is 14.4 Å². The number of hydrogen-bond acceptors (Lipinski definition) is 7. The molecule has 3 rings (SSSR count). The highest BCUT2D eigenvalue weighted by Crippen LogP contribution is 2.42. The molecule has 1 fully saturated rings. The molecule has 22 heavy (non-hydrogen) atoms. The number of nitrogens with zero attached hydrogens (tertiary/aromatic N) is 3. The Hall–Kier alpha value is -2.37. The maximum atomic E-state index is 11.4. The van der Waals surface area contributed by atoms with Crippen LogP contribution < -0.4 is 14.8 Å². The molecule has 1 N–H and O–H groups in total. The molecule has 0 radical (unpaired) electrons. The van der Waals surface area contributed by atoms with Gasteiger partial charge >= 0.3 is 0 Å². The number of nitrogens with one attached hydrogen (secondary N) is 1. The Morgan fingerprint density at radius 1 is 1.36 bits per heavy atom. The first-order chi connectivity index (χ1) is 10.7. The van der Waals surface area contributed by atoms with Gasteiger partial charge in [0.1, 0.15) is 0 Å². The van der Waals surface area contributed by atoms with Crippen molar-refractivity contribution in [2.24, 2.45) is 0 Å². The number of nitro benzene ring substituents is 1. The molecule has 116 valence electrons. The molecular weight excluding hydrogens is 288 g/mol. The average Bonchev–Trinajstić information content (AvgIpc) is 2.99. The number of ether oxygens (including phenoxy) is 2. The summed E-state index contributed by atoms with van der Waals surface area (Å²) in [5.74, 6) is 0.880. The van der Waals surface area contributed by atoms with Crippen LogP contribution in [0.2, 0.25) is 0 Å². The first-order valence-corrected chi connectivity index (χ1v) is 7.10. The van der Waals surface area contributed by atoms with Crippen molar-refractivity contribution in [2.45, 2.75) is 12.5 Å². The minimum Gasteiger partial charge on any atom is -0.454 e. The molecule has 0 aromatic heterocycles. The molecular formula is C14H16N4O4. The van der Waals surface area contributed by atoms with E-state index in [2.05, 4.69) is 16.3 Å². The lowest BCUT2D eigenvalue weighted by atomic mass is 9.99. The van der Waals surface area contributed by atoms with Crippen LogP contribution in [0.1, 0.15) is 18.0 Å². The van der Waals surface area contributed by atoms with Gasteiger partial charge in [-0.15, -0.1) is 0 Å². The molecule has 0 amide bonds. The summed E-state index contributed by atoms with van der Waals surface area (Å²) in [7, 11) is 0. The summed E-state index contributed by atoms with van der Waals surface area (Å²) in [6, 6.07) is 4.86. The van der Waals surface area contributed by atoms with Crippen LogP contribution in [0.5, 0.6) is 11.5 Å². The molecule has 8 nitrogen and oxygen atoms in total. The number of piperazine rings is 1. The molecule has 0 saturated carbocycles. The van der Waals surface area contributed by atoms with E-state index in [1.165, 1.54) is 6.07 Å². The third-order valence-electron chi connectivity index (χ3n) is 3.95. The number of rotatable bonds is 4. The molecule has 0 aliphatic carbocycles. The van der Waals surface area contributed by atoms with Gasteiger partial charge in [-0.25, -0.2) is 0 Å². The lowest BCUT2D eigenvalue weighted by Gasteiger charge is -2.33. The fourth-order valence-corrected chi connectivity index (χ4v) is 2.89. The van der Waals surface area contributed by atoms with Crippen LogP contribution in [0, 0.1) is 21.4 Å². The third-order valence-corrected chi connectivity index (χ3v) is 3.95. The summed E-state index contributed by atoms with van der Waals surface area (Å²) in [5, 5.41) is 23.8. The van der Waals surface area contributed by atoms with Gasteiger partial charge in [0.15, 0.2) is 11.5 Å². The van der Waals surface area contributed by atoms with E-state index < -0.39 is 4.92 Å². The van der Waals surface area contributed by atoms with Gasteiger partial charge in [0.25, 0.3) is 5.69 Å². The summed E-state index contributed by atoms with van der Waals surface area (Å²) in [6.45, 7) is 3.17. The van der Waals surface area contributed by atoms with Crippen molar-refractivity contribution in [1.29, 1.82) is 5.26 Å². The Bertz CT molecular complexity index is 622. The van der Waals surface area contributed by atoms with Gasteiger partial charge in [0.05, 0.1) is 35.1 Å². The highest BCUT2D eigenvalue weighted by atomic mass is 16.7. The zero-order chi connectivity index (χ0) is 15.5. The van der Waals surface area contributed by atoms with E-state index in [0.29, 0.717) is 17.1 Å². The highest BCUT2D eigenvalue weighted by Gasteiger charge is 2.31. The number of benzene rings is 1. The Labute approximate surface area is 127 Å². The fourth-order valence-electron chi connectivity index (χ4n) is 2.89. The number of hydrogen-bond donors (Lipinski definition) is 1. The van der Waals surface area contributed by atoms with E-state index in [4.69, 9.17) is 14.7 Å². The lowest BCUT2D eigenvalue weighted by Crippen LogP contribution is -2.45. The first-order valence-electron chi connectivity index (χ1n) is 7.10. The number of nitro groups is 1. The Morgan fingerprint density at radius 3 is 2.68 bits per heavy atom. The molecule has 0 unspecified atom stereocenters. The summed E-state index contributed by atoms with van der Waals surface area (Å²) >= 11 is 0. The zero-order valence-electron chi connectivity index (χ0n) is 11.9. The SMILES string of the molecule is N#CC[C@H](c1cc2c(cc1[N+](=O)[O-])OCO2)N1CCNCC1. The molecule has 0 bridgehead atoms. The topological polar surface area (TPSA) is 101 Å². The largest absolute Gasteiger partial charge is 0.454 e. The lowest BCUT2D eigenvalue weighted by molar-refractivity contribution is -0.386. The molecule has 2 heterocycles. The highest BCUT2D eigenvalue weighted by molar-refractivity contribution is 5.56. The van der Waals surface area contributed by atoms with Crippen molar-refractivity contribution in [1.82, 2.24) is 10.2 Å². The minimum absolute atomic E-state index is 0.0250. The van der Waals surface area contributed by atoms with Crippen molar-refractivity contribution >= 4 is 5.69 Å². The summed E-state index contributed by atoms with van der Waals surface area (Å²) < 4.78 is 10.5. The molecule has 1 atom stereocenters. The fraction of sp³-hybridized carbons (Fsp3) is 0.500. The molecule has 1 aromatic rings. The maximum absolute atomic E-state index is 11.4. The average molecular weight is 304 g/mol.